The monoisotopic (exact) mass is 524 g/mol. The van der Waals surface area contributed by atoms with E-state index in [9.17, 15) is 0 Å². The molecule has 0 saturated heterocycles. The van der Waals surface area contributed by atoms with Crippen LogP contribution in [0.3, 0.4) is 0 Å². The van der Waals surface area contributed by atoms with Crippen LogP contribution in [0.1, 0.15) is 11.3 Å². The molecule has 4 nitrogen and oxygen atoms in total. The van der Waals surface area contributed by atoms with Gasteiger partial charge in [-0.05, 0) is 74.9 Å². The lowest BCUT2D eigenvalue weighted by Crippen LogP contribution is -2.11. The van der Waals surface area contributed by atoms with Gasteiger partial charge in [0.1, 0.15) is 5.82 Å². The van der Waals surface area contributed by atoms with E-state index >= 15 is 0 Å². The molecule has 4 heterocycles. The van der Waals surface area contributed by atoms with E-state index in [4.69, 9.17) is 9.97 Å². The lowest BCUT2D eigenvalue weighted by Gasteiger charge is -2.14. The van der Waals surface area contributed by atoms with Crippen LogP contribution < -0.4 is 5.32 Å². The number of fused-ring (bicyclic) bond motifs is 3. The van der Waals surface area contributed by atoms with Gasteiger partial charge in [0.05, 0.1) is 28.3 Å². The lowest BCUT2D eigenvalue weighted by molar-refractivity contribution is 0.852. The summed E-state index contributed by atoms with van der Waals surface area (Å²) < 4.78 is 2.26. The van der Waals surface area contributed by atoms with E-state index in [0.29, 0.717) is 0 Å². The minimum absolute atomic E-state index is 0.807. The van der Waals surface area contributed by atoms with Crippen molar-refractivity contribution in [2.75, 3.05) is 0 Å². The molecule has 0 fully saturated rings. The van der Waals surface area contributed by atoms with E-state index in [-0.39, 0.29) is 0 Å². The van der Waals surface area contributed by atoms with Crippen molar-refractivity contribution in [3.05, 3.63) is 133 Å². The van der Waals surface area contributed by atoms with Crippen molar-refractivity contribution in [3.8, 4) is 28.5 Å². The van der Waals surface area contributed by atoms with E-state index in [0.717, 1.165) is 40.5 Å². The molecule has 9 rings (SSSR count). The molecule has 0 spiro atoms. The number of hydrogen-bond acceptors (Lipinski definition) is 3. The van der Waals surface area contributed by atoms with Crippen LogP contribution in [0, 0.1) is 0 Å². The fraction of sp³-hybridized carbons (Fsp3) is 0.0270. The quantitative estimate of drug-likeness (QED) is 0.235. The van der Waals surface area contributed by atoms with Crippen LogP contribution in [0.5, 0.6) is 0 Å². The molecule has 0 radical (unpaired) electrons. The molecule has 0 amide bonds. The number of aromatic nitrogens is 3. The van der Waals surface area contributed by atoms with Gasteiger partial charge in [0.15, 0.2) is 0 Å². The number of para-hydroxylation sites is 1. The molecule has 0 aliphatic carbocycles. The molecule has 0 bridgehead atoms. The molecular weight excluding hydrogens is 500 g/mol. The maximum atomic E-state index is 5.17. The van der Waals surface area contributed by atoms with E-state index in [2.05, 4.69) is 131 Å². The number of rotatable bonds is 3. The van der Waals surface area contributed by atoms with Gasteiger partial charge < -0.3 is 5.32 Å². The van der Waals surface area contributed by atoms with Crippen molar-refractivity contribution >= 4 is 49.3 Å². The van der Waals surface area contributed by atoms with E-state index in [1.165, 1.54) is 49.0 Å². The van der Waals surface area contributed by atoms with Gasteiger partial charge in [-0.25, -0.2) is 9.97 Å². The minimum Gasteiger partial charge on any atom is -0.387 e. The van der Waals surface area contributed by atoms with Gasteiger partial charge in [-0.15, -0.1) is 0 Å². The van der Waals surface area contributed by atoms with Gasteiger partial charge in [-0.2, -0.15) is 0 Å². The first kappa shape index (κ1) is 22.3. The highest BCUT2D eigenvalue weighted by atomic mass is 15.1. The zero-order valence-corrected chi connectivity index (χ0v) is 22.2. The second-order valence-electron chi connectivity index (χ2n) is 10.7. The molecule has 3 aromatic heterocycles. The molecule has 5 aromatic carbocycles. The zero-order valence-electron chi connectivity index (χ0n) is 22.2. The molecule has 0 saturated carbocycles. The summed E-state index contributed by atoms with van der Waals surface area (Å²) in [5.41, 5.74) is 7.42. The Morgan fingerprint density at radius 1 is 0.561 bits per heavy atom. The van der Waals surface area contributed by atoms with Gasteiger partial charge in [-0.1, -0.05) is 84.9 Å². The second-order valence-corrected chi connectivity index (χ2v) is 10.7. The highest BCUT2D eigenvalue weighted by Crippen LogP contribution is 2.39. The van der Waals surface area contributed by atoms with Gasteiger partial charge in [-0.3, -0.25) is 4.57 Å². The van der Waals surface area contributed by atoms with Crippen LogP contribution in [0.15, 0.2) is 121 Å². The summed E-state index contributed by atoms with van der Waals surface area (Å²) in [6, 6.07) is 40.9. The SMILES string of the molecule is C1=Cc2c(c3ccccc3n2-c2cccc(-c3cccc(-c4ccc5ccc6cccc7ccc4c5c67)n3)n2)CN1. The number of nitrogens with zero attached hydrogens (tertiary/aromatic N) is 3. The molecular formula is C37H24N4. The van der Waals surface area contributed by atoms with Crippen LogP contribution in [-0.4, -0.2) is 14.5 Å². The van der Waals surface area contributed by atoms with E-state index in [1.807, 2.05) is 6.20 Å². The Balaban J connectivity index is 1.20. The highest BCUT2D eigenvalue weighted by Gasteiger charge is 2.19. The smallest absolute Gasteiger partial charge is 0.138 e. The highest BCUT2D eigenvalue weighted by molar-refractivity contribution is 6.25. The third-order valence-corrected chi connectivity index (χ3v) is 8.44. The Bertz CT molecular complexity index is 2310. The largest absolute Gasteiger partial charge is 0.387 e. The Labute approximate surface area is 236 Å². The summed E-state index contributed by atoms with van der Waals surface area (Å²) in [6.07, 6.45) is 4.16. The minimum atomic E-state index is 0.807. The third-order valence-electron chi connectivity index (χ3n) is 8.44. The third kappa shape index (κ3) is 3.28. The number of hydrogen-bond donors (Lipinski definition) is 1. The lowest BCUT2D eigenvalue weighted by atomic mass is 9.91. The van der Waals surface area contributed by atoms with Gasteiger partial charge in [0, 0.05) is 23.1 Å². The summed E-state index contributed by atoms with van der Waals surface area (Å²) in [6.45, 7) is 0.807. The van der Waals surface area contributed by atoms with E-state index < -0.39 is 0 Å². The van der Waals surface area contributed by atoms with Crippen LogP contribution >= 0.6 is 0 Å². The Morgan fingerprint density at radius 2 is 1.27 bits per heavy atom. The predicted molar refractivity (Wildman–Crippen MR) is 169 cm³/mol. The number of nitrogens with one attached hydrogen (secondary N) is 1. The fourth-order valence-electron chi connectivity index (χ4n) is 6.61. The standard InChI is InChI=1S/C37H24N4/c1-2-12-33-27(8-1)29-22-38-21-20-34(29)41(33)35-13-5-11-32(40-35)31-10-4-9-30(39-31)26-18-16-25-15-14-23-6-3-7-24-17-19-28(26)37(25)36(23)24/h1-21,38H,22H2. The summed E-state index contributed by atoms with van der Waals surface area (Å²) in [5, 5.41) is 12.3. The topological polar surface area (TPSA) is 42.7 Å². The molecule has 1 aliphatic rings. The molecule has 1 aliphatic heterocycles. The van der Waals surface area contributed by atoms with Crippen molar-refractivity contribution < 1.29 is 0 Å². The van der Waals surface area contributed by atoms with Gasteiger partial charge >= 0.3 is 0 Å². The van der Waals surface area contributed by atoms with Crippen LogP contribution in [0.2, 0.25) is 0 Å². The maximum absolute atomic E-state index is 5.17. The number of pyridine rings is 2. The van der Waals surface area contributed by atoms with Crippen molar-refractivity contribution in [3.63, 3.8) is 0 Å². The van der Waals surface area contributed by atoms with Gasteiger partial charge in [0.2, 0.25) is 0 Å². The number of benzene rings is 5. The molecule has 41 heavy (non-hydrogen) atoms. The Hall–Kier alpha value is -5.48. The molecule has 192 valence electrons. The van der Waals surface area contributed by atoms with Crippen molar-refractivity contribution in [1.82, 2.24) is 19.9 Å². The average molecular weight is 525 g/mol. The van der Waals surface area contributed by atoms with Crippen LogP contribution in [0.4, 0.5) is 0 Å². The molecule has 1 N–H and O–H groups in total. The van der Waals surface area contributed by atoms with Gasteiger partial charge in [0.25, 0.3) is 0 Å². The Morgan fingerprint density at radius 3 is 2.17 bits per heavy atom. The fourth-order valence-corrected chi connectivity index (χ4v) is 6.61. The summed E-state index contributed by atoms with van der Waals surface area (Å²) in [4.78, 5) is 10.3. The van der Waals surface area contributed by atoms with Crippen molar-refractivity contribution in [1.29, 1.82) is 0 Å². The first-order chi connectivity index (χ1) is 20.3. The average Bonchev–Trinajstić information content (AvgIpc) is 3.38. The van der Waals surface area contributed by atoms with Crippen LogP contribution in [-0.2, 0) is 6.54 Å². The zero-order chi connectivity index (χ0) is 26.9. The summed E-state index contributed by atoms with van der Waals surface area (Å²) >= 11 is 0. The molecule has 0 unspecified atom stereocenters. The summed E-state index contributed by atoms with van der Waals surface area (Å²) in [5.74, 6) is 0.890. The second kappa shape index (κ2) is 8.51. The van der Waals surface area contributed by atoms with Crippen molar-refractivity contribution in [2.24, 2.45) is 0 Å². The first-order valence-corrected chi connectivity index (χ1v) is 14.0. The molecule has 0 atom stereocenters. The van der Waals surface area contributed by atoms with Crippen molar-refractivity contribution in [2.45, 2.75) is 6.54 Å². The van der Waals surface area contributed by atoms with E-state index in [1.54, 1.807) is 0 Å². The maximum Gasteiger partial charge on any atom is 0.138 e. The van der Waals surface area contributed by atoms with Crippen LogP contribution in [0.25, 0.3) is 77.8 Å². The predicted octanol–water partition coefficient (Wildman–Crippen LogP) is 8.73. The molecule has 4 heteroatoms. The normalized spacial score (nSPS) is 12.9. The summed E-state index contributed by atoms with van der Waals surface area (Å²) in [7, 11) is 0. The molecule has 8 aromatic rings. The Kier molecular flexibility index (Phi) is 4.64. The first-order valence-electron chi connectivity index (χ1n) is 14.0.